The zero-order valence-corrected chi connectivity index (χ0v) is 20.3. The maximum atomic E-state index is 13.2. The maximum Gasteiger partial charge on any atom is 0.251 e. The Balaban J connectivity index is 1.31. The Kier molecular flexibility index (Phi) is 5.78. The van der Waals surface area contributed by atoms with Crippen molar-refractivity contribution < 1.29 is 0 Å². The predicted molar refractivity (Wildman–Crippen MR) is 145 cm³/mol. The van der Waals surface area contributed by atoms with Crippen molar-refractivity contribution in [2.24, 2.45) is 0 Å². The fourth-order valence-corrected chi connectivity index (χ4v) is 5.64. The van der Waals surface area contributed by atoms with Gasteiger partial charge in [-0.3, -0.25) is 4.79 Å². The van der Waals surface area contributed by atoms with Crippen molar-refractivity contribution in [3.8, 4) is 0 Å². The number of nitrogens with one attached hydrogen (secondary N) is 1. The first-order valence-corrected chi connectivity index (χ1v) is 12.7. The lowest BCUT2D eigenvalue weighted by molar-refractivity contribution is 0.313. The van der Waals surface area contributed by atoms with Crippen LogP contribution in [-0.4, -0.2) is 42.7 Å². The summed E-state index contributed by atoms with van der Waals surface area (Å²) in [6.07, 6.45) is 3.17. The maximum absolute atomic E-state index is 13.2. The number of anilines is 3. The Morgan fingerprint density at radius 3 is 2.40 bits per heavy atom. The molecule has 1 aliphatic carbocycles. The minimum Gasteiger partial charge on any atom is -0.369 e. The van der Waals surface area contributed by atoms with Crippen molar-refractivity contribution in [1.29, 1.82) is 0 Å². The molecule has 6 rings (SSSR count). The number of benzene rings is 3. The topological polar surface area (TPSA) is 40.5 Å². The number of aryl methyl sites for hydroxylation is 1. The number of nitrogens with zero attached hydrogens (tertiary/aromatic N) is 3. The molecule has 1 aliphatic heterocycles. The fraction of sp³-hybridized carbons (Fsp3) is 0.300. The number of hydrogen-bond acceptors (Lipinski definition) is 4. The van der Waals surface area contributed by atoms with Gasteiger partial charge in [-0.15, -0.1) is 0 Å². The highest BCUT2D eigenvalue weighted by Gasteiger charge is 2.23. The minimum absolute atomic E-state index is 0.0629. The van der Waals surface area contributed by atoms with Gasteiger partial charge in [0.1, 0.15) is 0 Å². The second-order valence-corrected chi connectivity index (χ2v) is 9.88. The van der Waals surface area contributed by atoms with E-state index < -0.39 is 0 Å². The van der Waals surface area contributed by atoms with Crippen molar-refractivity contribution >= 4 is 28.0 Å². The van der Waals surface area contributed by atoms with E-state index in [9.17, 15) is 4.79 Å². The molecule has 5 heteroatoms. The van der Waals surface area contributed by atoms with Crippen LogP contribution in [0, 0.1) is 0 Å². The molecule has 0 bridgehead atoms. The van der Waals surface area contributed by atoms with Crippen molar-refractivity contribution in [3.05, 3.63) is 100 Å². The molecule has 1 fully saturated rings. The summed E-state index contributed by atoms with van der Waals surface area (Å²) in [5.41, 5.74) is 7.01. The molecule has 1 N–H and O–H groups in total. The molecule has 4 aromatic rings. The molecule has 2 aliphatic rings. The Labute approximate surface area is 206 Å². The third kappa shape index (κ3) is 4.32. The number of hydrogen-bond donors (Lipinski definition) is 1. The summed E-state index contributed by atoms with van der Waals surface area (Å²) in [7, 11) is 2.18. The van der Waals surface area contributed by atoms with Gasteiger partial charge in [-0.1, -0.05) is 30.3 Å². The second-order valence-electron chi connectivity index (χ2n) is 9.88. The van der Waals surface area contributed by atoms with E-state index >= 15 is 0 Å². The van der Waals surface area contributed by atoms with Crippen molar-refractivity contribution in [2.75, 3.05) is 43.4 Å². The van der Waals surface area contributed by atoms with Crippen LogP contribution in [0.4, 0.5) is 17.1 Å². The van der Waals surface area contributed by atoms with Crippen LogP contribution < -0.4 is 15.8 Å². The molecule has 35 heavy (non-hydrogen) atoms. The Hall–Kier alpha value is -3.57. The van der Waals surface area contributed by atoms with Crippen LogP contribution in [0.2, 0.25) is 0 Å². The SMILES string of the molecule is CN1CCN(c2ccc(Nc3ccc4ccc(=O)n(C5CCCc6ccccc65)c4c3)cc2)CC1. The number of aromatic nitrogens is 1. The predicted octanol–water partition coefficient (Wildman–Crippen LogP) is 5.42. The van der Waals surface area contributed by atoms with Crippen LogP contribution in [0.25, 0.3) is 10.9 Å². The molecule has 5 nitrogen and oxygen atoms in total. The summed E-state index contributed by atoms with van der Waals surface area (Å²) in [4.78, 5) is 18.0. The summed E-state index contributed by atoms with van der Waals surface area (Å²) in [6, 6.07) is 27.3. The van der Waals surface area contributed by atoms with Gasteiger partial charge in [-0.2, -0.15) is 0 Å². The van der Waals surface area contributed by atoms with Gasteiger partial charge in [-0.25, -0.2) is 0 Å². The van der Waals surface area contributed by atoms with Gasteiger partial charge in [0.05, 0.1) is 11.6 Å². The summed E-state index contributed by atoms with van der Waals surface area (Å²) in [6.45, 7) is 4.33. The van der Waals surface area contributed by atoms with E-state index in [1.807, 2.05) is 10.6 Å². The molecule has 1 unspecified atom stereocenters. The van der Waals surface area contributed by atoms with E-state index in [4.69, 9.17) is 0 Å². The number of likely N-dealkylation sites (N-methyl/N-ethyl adjacent to an activating group) is 1. The molecule has 0 radical (unpaired) electrons. The number of pyridine rings is 1. The molecular formula is C30H32N4O. The van der Waals surface area contributed by atoms with E-state index in [0.29, 0.717) is 0 Å². The van der Waals surface area contributed by atoms with Gasteiger partial charge in [0.2, 0.25) is 0 Å². The highest BCUT2D eigenvalue weighted by Crippen LogP contribution is 2.34. The van der Waals surface area contributed by atoms with E-state index in [-0.39, 0.29) is 11.6 Å². The van der Waals surface area contributed by atoms with Crippen LogP contribution in [-0.2, 0) is 6.42 Å². The van der Waals surface area contributed by atoms with E-state index in [0.717, 1.165) is 67.7 Å². The lowest BCUT2D eigenvalue weighted by atomic mass is 9.87. The van der Waals surface area contributed by atoms with E-state index in [1.54, 1.807) is 6.07 Å². The van der Waals surface area contributed by atoms with Crippen molar-refractivity contribution in [2.45, 2.75) is 25.3 Å². The van der Waals surface area contributed by atoms with Gasteiger partial charge in [-0.05, 0) is 85.3 Å². The molecule has 178 valence electrons. The lowest BCUT2D eigenvalue weighted by Gasteiger charge is -2.34. The molecular weight excluding hydrogens is 432 g/mol. The largest absolute Gasteiger partial charge is 0.369 e. The highest BCUT2D eigenvalue weighted by atomic mass is 16.1. The zero-order valence-electron chi connectivity index (χ0n) is 20.3. The first kappa shape index (κ1) is 21.9. The Morgan fingerprint density at radius 1 is 0.829 bits per heavy atom. The summed E-state index contributed by atoms with van der Waals surface area (Å²) >= 11 is 0. The molecule has 1 aromatic heterocycles. The lowest BCUT2D eigenvalue weighted by Crippen LogP contribution is -2.44. The standard InChI is InChI=1S/C30H32N4O/c1-32-17-19-33(20-18-32)26-14-12-24(13-15-26)31-25-11-9-23-10-16-30(35)34(29(23)21-25)28-8-4-6-22-5-2-3-7-27(22)28/h2-3,5,7,9-16,21,28,31H,4,6,8,17-20H2,1H3. The highest BCUT2D eigenvalue weighted by molar-refractivity contribution is 5.84. The van der Waals surface area contributed by atoms with Crippen LogP contribution in [0.3, 0.4) is 0 Å². The minimum atomic E-state index is 0.0629. The van der Waals surface area contributed by atoms with E-state index in [1.165, 1.54) is 16.8 Å². The fourth-order valence-electron chi connectivity index (χ4n) is 5.64. The third-order valence-corrected chi connectivity index (χ3v) is 7.61. The van der Waals surface area contributed by atoms with Gasteiger partial charge >= 0.3 is 0 Å². The Morgan fingerprint density at radius 2 is 1.57 bits per heavy atom. The number of fused-ring (bicyclic) bond motifs is 2. The van der Waals surface area contributed by atoms with Gasteiger partial charge < -0.3 is 19.7 Å². The normalized spacial score (nSPS) is 18.4. The average molecular weight is 465 g/mol. The first-order valence-electron chi connectivity index (χ1n) is 12.7. The number of piperazine rings is 1. The molecule has 2 heterocycles. The van der Waals surface area contributed by atoms with Crippen LogP contribution >= 0.6 is 0 Å². The van der Waals surface area contributed by atoms with Crippen LogP contribution in [0.15, 0.2) is 83.7 Å². The third-order valence-electron chi connectivity index (χ3n) is 7.61. The second kappa shape index (κ2) is 9.23. The molecule has 0 saturated carbocycles. The molecule has 1 saturated heterocycles. The zero-order chi connectivity index (χ0) is 23.8. The average Bonchev–Trinajstić information content (AvgIpc) is 2.89. The monoisotopic (exact) mass is 464 g/mol. The number of rotatable bonds is 4. The summed E-state index contributed by atoms with van der Waals surface area (Å²) in [5.74, 6) is 0. The summed E-state index contributed by atoms with van der Waals surface area (Å²) in [5, 5.41) is 4.65. The summed E-state index contributed by atoms with van der Waals surface area (Å²) < 4.78 is 2.01. The van der Waals surface area contributed by atoms with Crippen molar-refractivity contribution in [1.82, 2.24) is 9.47 Å². The van der Waals surface area contributed by atoms with Crippen molar-refractivity contribution in [3.63, 3.8) is 0 Å². The molecule has 0 amide bonds. The molecule has 3 aromatic carbocycles. The van der Waals surface area contributed by atoms with E-state index in [2.05, 4.69) is 88.9 Å². The van der Waals surface area contributed by atoms with Gasteiger partial charge in [0.25, 0.3) is 5.56 Å². The van der Waals surface area contributed by atoms with Gasteiger partial charge in [0, 0.05) is 49.3 Å². The Bertz CT molecular complexity index is 1400. The quantitative estimate of drug-likeness (QED) is 0.438. The smallest absolute Gasteiger partial charge is 0.251 e. The molecule has 0 spiro atoms. The van der Waals surface area contributed by atoms with Gasteiger partial charge in [0.15, 0.2) is 0 Å². The first-order chi connectivity index (χ1) is 17.2. The molecule has 1 atom stereocenters. The van der Waals surface area contributed by atoms with Crippen LogP contribution in [0.5, 0.6) is 0 Å². The van der Waals surface area contributed by atoms with Crippen LogP contribution in [0.1, 0.15) is 30.0 Å².